The van der Waals surface area contributed by atoms with Gasteiger partial charge in [0.2, 0.25) is 10.0 Å². The summed E-state index contributed by atoms with van der Waals surface area (Å²) in [4.78, 5) is 0. The molecule has 0 aromatic heterocycles. The third-order valence-electron chi connectivity index (χ3n) is 1.91. The van der Waals surface area contributed by atoms with Gasteiger partial charge >= 0.3 is 0 Å². The Morgan fingerprint density at radius 2 is 2.18 bits per heavy atom. The highest BCUT2D eigenvalue weighted by Crippen LogP contribution is 2.14. The highest BCUT2D eigenvalue weighted by Gasteiger charge is 2.27. The van der Waals surface area contributed by atoms with Gasteiger partial charge < -0.3 is 4.74 Å². The van der Waals surface area contributed by atoms with Crippen LogP contribution in [-0.2, 0) is 14.8 Å². The van der Waals surface area contributed by atoms with E-state index < -0.39 is 10.0 Å². The summed E-state index contributed by atoms with van der Waals surface area (Å²) in [5, 5.41) is 0. The van der Waals surface area contributed by atoms with Crippen LogP contribution in [0.2, 0.25) is 0 Å². The Hall–Kier alpha value is -0.130. The molecule has 1 heterocycles. The molecule has 1 saturated heterocycles. The normalized spacial score (nSPS) is 27.6. The fourth-order valence-corrected chi connectivity index (χ4v) is 2.07. The van der Waals surface area contributed by atoms with Crippen molar-refractivity contribution in [2.45, 2.75) is 12.5 Å². The molecule has 66 valence electrons. The number of rotatable bonds is 2. The average molecular weight is 179 g/mol. The van der Waals surface area contributed by atoms with E-state index in [0.717, 1.165) is 6.42 Å². The molecule has 0 spiro atoms. The van der Waals surface area contributed by atoms with Crippen molar-refractivity contribution in [3.8, 4) is 0 Å². The topological polar surface area (TPSA) is 46.6 Å². The fourth-order valence-electron chi connectivity index (χ4n) is 1.19. The Morgan fingerprint density at radius 3 is 2.45 bits per heavy atom. The largest absolute Gasteiger partial charge is 0.380 e. The second kappa shape index (κ2) is 3.08. The van der Waals surface area contributed by atoms with Crippen LogP contribution in [0.5, 0.6) is 0 Å². The van der Waals surface area contributed by atoms with E-state index in [4.69, 9.17) is 4.74 Å². The van der Waals surface area contributed by atoms with Crippen LogP contribution in [0.4, 0.5) is 0 Å². The van der Waals surface area contributed by atoms with Crippen molar-refractivity contribution in [1.29, 1.82) is 0 Å². The van der Waals surface area contributed by atoms with E-state index in [1.54, 1.807) is 7.11 Å². The first-order chi connectivity index (χ1) is 5.04. The molecule has 1 aliphatic heterocycles. The smallest absolute Gasteiger partial charge is 0.211 e. The second-order valence-electron chi connectivity index (χ2n) is 2.77. The second-order valence-corrected chi connectivity index (χ2v) is 4.75. The van der Waals surface area contributed by atoms with Crippen molar-refractivity contribution in [3.05, 3.63) is 0 Å². The van der Waals surface area contributed by atoms with Gasteiger partial charge in [-0.2, -0.15) is 4.31 Å². The Balaban J connectivity index is 2.55. The molecule has 1 unspecified atom stereocenters. The maximum Gasteiger partial charge on any atom is 0.211 e. The molecule has 0 amide bonds. The van der Waals surface area contributed by atoms with E-state index in [0.29, 0.717) is 13.1 Å². The van der Waals surface area contributed by atoms with Crippen LogP contribution >= 0.6 is 0 Å². The Bertz CT molecular complexity index is 224. The Morgan fingerprint density at radius 1 is 1.55 bits per heavy atom. The maximum absolute atomic E-state index is 11.0. The molecule has 1 fully saturated rings. The van der Waals surface area contributed by atoms with E-state index in [1.165, 1.54) is 10.6 Å². The van der Waals surface area contributed by atoms with Crippen LogP contribution in [0.1, 0.15) is 6.42 Å². The molecule has 0 aromatic carbocycles. The lowest BCUT2D eigenvalue weighted by molar-refractivity contribution is 0.115. The molecule has 1 aliphatic rings. The summed E-state index contributed by atoms with van der Waals surface area (Å²) in [7, 11) is -1.38. The first-order valence-electron chi connectivity index (χ1n) is 3.52. The minimum Gasteiger partial charge on any atom is -0.380 e. The lowest BCUT2D eigenvalue weighted by Gasteiger charge is -2.11. The van der Waals surface area contributed by atoms with E-state index in [1.807, 2.05) is 0 Å². The van der Waals surface area contributed by atoms with Gasteiger partial charge in [0.25, 0.3) is 0 Å². The third kappa shape index (κ3) is 2.15. The molecular weight excluding hydrogens is 166 g/mol. The molecule has 11 heavy (non-hydrogen) atoms. The zero-order valence-electron chi connectivity index (χ0n) is 6.78. The number of ether oxygens (including phenoxy) is 1. The van der Waals surface area contributed by atoms with Crippen molar-refractivity contribution < 1.29 is 13.2 Å². The summed E-state index contributed by atoms with van der Waals surface area (Å²) in [5.74, 6) is 0. The summed E-state index contributed by atoms with van der Waals surface area (Å²) in [5.41, 5.74) is 0. The van der Waals surface area contributed by atoms with Gasteiger partial charge in [-0.1, -0.05) is 0 Å². The van der Waals surface area contributed by atoms with Crippen molar-refractivity contribution in [1.82, 2.24) is 4.31 Å². The van der Waals surface area contributed by atoms with Crippen molar-refractivity contribution >= 4 is 10.0 Å². The van der Waals surface area contributed by atoms with Crippen LogP contribution in [0, 0.1) is 0 Å². The third-order valence-corrected chi connectivity index (χ3v) is 3.18. The number of hydrogen-bond donors (Lipinski definition) is 0. The van der Waals surface area contributed by atoms with Crippen LogP contribution in [-0.4, -0.2) is 45.3 Å². The van der Waals surface area contributed by atoms with Crippen LogP contribution in [0.3, 0.4) is 0 Å². The van der Waals surface area contributed by atoms with Gasteiger partial charge in [0.15, 0.2) is 0 Å². The van der Waals surface area contributed by atoms with Crippen LogP contribution in [0.25, 0.3) is 0 Å². The molecule has 0 saturated carbocycles. The Kier molecular flexibility index (Phi) is 2.51. The highest BCUT2D eigenvalue weighted by atomic mass is 32.2. The number of methoxy groups -OCH3 is 1. The average Bonchev–Trinajstić information content (AvgIpc) is 2.32. The molecule has 5 heteroatoms. The molecule has 0 bridgehead atoms. The molecule has 1 atom stereocenters. The quantitative estimate of drug-likeness (QED) is 0.583. The lowest BCUT2D eigenvalue weighted by atomic mass is 10.3. The van der Waals surface area contributed by atoms with Gasteiger partial charge in [0, 0.05) is 20.2 Å². The first-order valence-corrected chi connectivity index (χ1v) is 5.37. The minimum absolute atomic E-state index is 0.0877. The summed E-state index contributed by atoms with van der Waals surface area (Å²) in [6.45, 7) is 1.10. The maximum atomic E-state index is 11.0. The number of nitrogens with zero attached hydrogens (tertiary/aromatic N) is 1. The summed E-state index contributed by atoms with van der Waals surface area (Å²) in [6, 6.07) is 0. The molecule has 1 rings (SSSR count). The SMILES string of the molecule is COC1CCN(S(C)(=O)=O)C1. The molecule has 0 radical (unpaired) electrons. The summed E-state index contributed by atoms with van der Waals surface area (Å²) < 4.78 is 28.4. The first kappa shape index (κ1) is 8.96. The molecule has 0 N–H and O–H groups in total. The zero-order valence-corrected chi connectivity index (χ0v) is 7.60. The van der Waals surface area contributed by atoms with E-state index >= 15 is 0 Å². The van der Waals surface area contributed by atoms with Gasteiger partial charge in [-0.05, 0) is 6.42 Å². The molecular formula is C6H13NO3S. The highest BCUT2D eigenvalue weighted by molar-refractivity contribution is 7.88. The fraction of sp³-hybridized carbons (Fsp3) is 1.00. The Labute approximate surface area is 67.2 Å². The minimum atomic E-state index is -2.99. The summed E-state index contributed by atoms with van der Waals surface area (Å²) in [6.07, 6.45) is 2.12. The van der Waals surface area contributed by atoms with Gasteiger partial charge in [0.05, 0.1) is 12.4 Å². The van der Waals surface area contributed by atoms with E-state index in [2.05, 4.69) is 0 Å². The van der Waals surface area contributed by atoms with Crippen molar-refractivity contribution in [2.24, 2.45) is 0 Å². The van der Waals surface area contributed by atoms with Gasteiger partial charge in [0.1, 0.15) is 0 Å². The molecule has 4 nitrogen and oxygen atoms in total. The van der Waals surface area contributed by atoms with Crippen molar-refractivity contribution in [2.75, 3.05) is 26.5 Å². The standard InChI is InChI=1S/C6H13NO3S/c1-10-6-3-4-7(5-6)11(2,8)9/h6H,3-5H2,1-2H3. The summed E-state index contributed by atoms with van der Waals surface area (Å²) >= 11 is 0. The monoisotopic (exact) mass is 179 g/mol. The number of hydrogen-bond acceptors (Lipinski definition) is 3. The van der Waals surface area contributed by atoms with Gasteiger partial charge in [-0.15, -0.1) is 0 Å². The van der Waals surface area contributed by atoms with E-state index in [9.17, 15) is 8.42 Å². The predicted molar refractivity (Wildman–Crippen MR) is 41.8 cm³/mol. The molecule has 0 aromatic rings. The van der Waals surface area contributed by atoms with E-state index in [-0.39, 0.29) is 6.10 Å². The van der Waals surface area contributed by atoms with Gasteiger partial charge in [-0.25, -0.2) is 8.42 Å². The predicted octanol–water partition coefficient (Wildman–Crippen LogP) is -0.333. The lowest BCUT2D eigenvalue weighted by Crippen LogP contribution is -2.28. The zero-order chi connectivity index (χ0) is 8.48. The van der Waals surface area contributed by atoms with Gasteiger partial charge in [-0.3, -0.25) is 0 Å². The van der Waals surface area contributed by atoms with Crippen LogP contribution in [0.15, 0.2) is 0 Å². The van der Waals surface area contributed by atoms with Crippen LogP contribution < -0.4 is 0 Å². The number of sulfonamides is 1. The molecule has 0 aliphatic carbocycles. The van der Waals surface area contributed by atoms with Crippen molar-refractivity contribution in [3.63, 3.8) is 0 Å².